The van der Waals surface area contributed by atoms with Gasteiger partial charge in [0, 0.05) is 11.5 Å². The van der Waals surface area contributed by atoms with E-state index < -0.39 is 0 Å². The van der Waals surface area contributed by atoms with E-state index in [1.165, 1.54) is 19.3 Å². The van der Waals surface area contributed by atoms with Crippen molar-refractivity contribution in [2.75, 3.05) is 10.6 Å². The van der Waals surface area contributed by atoms with Gasteiger partial charge in [-0.25, -0.2) is 4.98 Å². The lowest BCUT2D eigenvalue weighted by Gasteiger charge is -2.22. The molecule has 0 unspecified atom stereocenters. The Hall–Kier alpha value is -1.58. The summed E-state index contributed by atoms with van der Waals surface area (Å²) in [6.07, 6.45) is 7.36. The topological polar surface area (TPSA) is 54.0 Å². The van der Waals surface area contributed by atoms with Crippen LogP contribution in [0.1, 0.15) is 52.9 Å². The third kappa shape index (κ3) is 4.51. The number of amides is 1. The van der Waals surface area contributed by atoms with Gasteiger partial charge in [0.1, 0.15) is 5.82 Å². The van der Waals surface area contributed by atoms with Gasteiger partial charge in [-0.2, -0.15) is 0 Å². The fourth-order valence-electron chi connectivity index (χ4n) is 2.54. The van der Waals surface area contributed by atoms with Gasteiger partial charge in [-0.05, 0) is 45.7 Å². The van der Waals surface area contributed by atoms with Gasteiger partial charge in [0.25, 0.3) is 0 Å². The molecule has 1 heterocycles. The molecule has 1 amide bonds. The van der Waals surface area contributed by atoms with E-state index in [1.807, 2.05) is 12.1 Å². The Morgan fingerprint density at radius 1 is 1.20 bits per heavy atom. The lowest BCUT2D eigenvalue weighted by Crippen LogP contribution is -2.27. The molecule has 0 radical (unpaired) electrons. The van der Waals surface area contributed by atoms with Crippen molar-refractivity contribution < 1.29 is 4.79 Å². The predicted octanol–water partition coefficient (Wildman–Crippen LogP) is 3.81. The second kappa shape index (κ2) is 6.25. The van der Waals surface area contributed by atoms with Gasteiger partial charge in [-0.15, -0.1) is 0 Å². The van der Waals surface area contributed by atoms with Crippen molar-refractivity contribution in [3.63, 3.8) is 0 Å². The summed E-state index contributed by atoms with van der Waals surface area (Å²) in [5, 5.41) is 6.27. The van der Waals surface area contributed by atoms with E-state index in [2.05, 4.69) is 36.4 Å². The number of carbonyl (C=O) groups excluding carboxylic acids is 1. The zero-order chi connectivity index (χ0) is 14.6. The SMILES string of the molecule is CC(C)(C)Nc1ccc(NC(=O)C2CCCCC2)cn1. The fraction of sp³-hybridized carbons (Fsp3) is 0.625. The number of hydrogen-bond acceptors (Lipinski definition) is 3. The van der Waals surface area contributed by atoms with Crippen molar-refractivity contribution in [1.29, 1.82) is 0 Å². The summed E-state index contributed by atoms with van der Waals surface area (Å²) in [5.41, 5.74) is 0.764. The zero-order valence-electron chi connectivity index (χ0n) is 12.7. The van der Waals surface area contributed by atoms with Crippen LogP contribution in [0.3, 0.4) is 0 Å². The summed E-state index contributed by atoms with van der Waals surface area (Å²) in [7, 11) is 0. The second-order valence-corrected chi connectivity index (χ2v) is 6.63. The zero-order valence-corrected chi connectivity index (χ0v) is 12.7. The Bertz CT molecular complexity index is 442. The third-order valence-electron chi connectivity index (χ3n) is 3.51. The van der Waals surface area contributed by atoms with Gasteiger partial charge in [-0.1, -0.05) is 19.3 Å². The highest BCUT2D eigenvalue weighted by Gasteiger charge is 2.21. The normalized spacial score (nSPS) is 16.8. The first-order valence-electron chi connectivity index (χ1n) is 7.49. The van der Waals surface area contributed by atoms with Crippen molar-refractivity contribution in [3.8, 4) is 0 Å². The Morgan fingerprint density at radius 2 is 1.90 bits per heavy atom. The molecule has 0 aliphatic heterocycles. The summed E-state index contributed by atoms with van der Waals surface area (Å²) >= 11 is 0. The molecule has 20 heavy (non-hydrogen) atoms. The Kier molecular flexibility index (Phi) is 4.63. The monoisotopic (exact) mass is 275 g/mol. The molecule has 4 heteroatoms. The fourth-order valence-corrected chi connectivity index (χ4v) is 2.54. The number of rotatable bonds is 3. The Morgan fingerprint density at radius 3 is 2.45 bits per heavy atom. The molecule has 1 saturated carbocycles. The second-order valence-electron chi connectivity index (χ2n) is 6.63. The Balaban J connectivity index is 1.91. The molecular formula is C16H25N3O. The molecule has 1 aromatic heterocycles. The molecule has 4 nitrogen and oxygen atoms in total. The molecule has 1 aliphatic rings. The number of pyridine rings is 1. The molecule has 1 aromatic rings. The minimum atomic E-state index is -0.0140. The van der Waals surface area contributed by atoms with Crippen molar-refractivity contribution in [1.82, 2.24) is 4.98 Å². The van der Waals surface area contributed by atoms with Gasteiger partial charge in [0.2, 0.25) is 5.91 Å². The average molecular weight is 275 g/mol. The van der Waals surface area contributed by atoms with Crippen LogP contribution < -0.4 is 10.6 Å². The van der Waals surface area contributed by atoms with Crippen LogP contribution in [0.4, 0.5) is 11.5 Å². The molecule has 2 rings (SSSR count). The largest absolute Gasteiger partial charge is 0.365 e. The molecule has 0 saturated heterocycles. The van der Waals surface area contributed by atoms with Crippen molar-refractivity contribution >= 4 is 17.4 Å². The maximum atomic E-state index is 12.1. The molecule has 0 aromatic carbocycles. The highest BCUT2D eigenvalue weighted by Crippen LogP contribution is 2.25. The number of nitrogens with zero attached hydrogens (tertiary/aromatic N) is 1. The lowest BCUT2D eigenvalue weighted by molar-refractivity contribution is -0.120. The van der Waals surface area contributed by atoms with E-state index in [0.29, 0.717) is 0 Å². The lowest BCUT2D eigenvalue weighted by atomic mass is 9.88. The molecule has 1 aliphatic carbocycles. The summed E-state index contributed by atoms with van der Waals surface area (Å²) in [4.78, 5) is 16.5. The molecule has 110 valence electrons. The quantitative estimate of drug-likeness (QED) is 0.882. The first-order chi connectivity index (χ1) is 9.44. The van der Waals surface area contributed by atoms with Gasteiger partial charge < -0.3 is 10.6 Å². The maximum absolute atomic E-state index is 12.1. The number of nitrogens with one attached hydrogen (secondary N) is 2. The average Bonchev–Trinajstić information content (AvgIpc) is 2.40. The smallest absolute Gasteiger partial charge is 0.227 e. The van der Waals surface area contributed by atoms with E-state index in [0.717, 1.165) is 24.3 Å². The van der Waals surface area contributed by atoms with Crippen LogP contribution in [0.5, 0.6) is 0 Å². The molecule has 2 N–H and O–H groups in total. The molecule has 1 fully saturated rings. The van der Waals surface area contributed by atoms with E-state index in [9.17, 15) is 4.79 Å². The highest BCUT2D eigenvalue weighted by atomic mass is 16.1. The van der Waals surface area contributed by atoms with Crippen LogP contribution >= 0.6 is 0 Å². The summed E-state index contributed by atoms with van der Waals surface area (Å²) in [6, 6.07) is 3.81. The van der Waals surface area contributed by atoms with Gasteiger partial charge >= 0.3 is 0 Å². The van der Waals surface area contributed by atoms with Gasteiger partial charge in [-0.3, -0.25) is 4.79 Å². The first kappa shape index (κ1) is 14.8. The van der Waals surface area contributed by atoms with Gasteiger partial charge in [0.15, 0.2) is 0 Å². The van der Waals surface area contributed by atoms with Crippen molar-refractivity contribution in [3.05, 3.63) is 18.3 Å². The summed E-state index contributed by atoms with van der Waals surface area (Å²) in [6.45, 7) is 6.27. The van der Waals surface area contributed by atoms with Crippen LogP contribution in [-0.2, 0) is 4.79 Å². The summed E-state index contributed by atoms with van der Waals surface area (Å²) in [5.74, 6) is 1.15. The van der Waals surface area contributed by atoms with E-state index >= 15 is 0 Å². The maximum Gasteiger partial charge on any atom is 0.227 e. The number of carbonyl (C=O) groups is 1. The van der Waals surface area contributed by atoms with E-state index in [4.69, 9.17) is 0 Å². The molecule has 0 spiro atoms. The number of hydrogen-bond donors (Lipinski definition) is 2. The minimum Gasteiger partial charge on any atom is -0.365 e. The number of aromatic nitrogens is 1. The molecule has 0 bridgehead atoms. The van der Waals surface area contributed by atoms with E-state index in [-0.39, 0.29) is 17.4 Å². The van der Waals surface area contributed by atoms with Crippen LogP contribution in [0.15, 0.2) is 18.3 Å². The highest BCUT2D eigenvalue weighted by molar-refractivity contribution is 5.92. The van der Waals surface area contributed by atoms with Crippen LogP contribution in [0, 0.1) is 5.92 Å². The first-order valence-corrected chi connectivity index (χ1v) is 7.49. The van der Waals surface area contributed by atoms with Crippen LogP contribution in [-0.4, -0.2) is 16.4 Å². The summed E-state index contributed by atoms with van der Waals surface area (Å²) < 4.78 is 0. The van der Waals surface area contributed by atoms with Crippen molar-refractivity contribution in [2.24, 2.45) is 5.92 Å². The predicted molar refractivity (Wildman–Crippen MR) is 82.8 cm³/mol. The van der Waals surface area contributed by atoms with Crippen LogP contribution in [0.2, 0.25) is 0 Å². The Labute approximate surface area is 121 Å². The third-order valence-corrected chi connectivity index (χ3v) is 3.51. The minimum absolute atomic E-state index is 0.0140. The molecule has 0 atom stereocenters. The van der Waals surface area contributed by atoms with Crippen molar-refractivity contribution in [2.45, 2.75) is 58.4 Å². The molecular weight excluding hydrogens is 250 g/mol. The van der Waals surface area contributed by atoms with Gasteiger partial charge in [0.05, 0.1) is 11.9 Å². The standard InChI is InChI=1S/C16H25N3O/c1-16(2,3)19-14-10-9-13(11-17-14)18-15(20)12-7-5-4-6-8-12/h9-12H,4-8H2,1-3H3,(H,17,19)(H,18,20). The van der Waals surface area contributed by atoms with Crippen LogP contribution in [0.25, 0.3) is 0 Å². The number of anilines is 2. The van der Waals surface area contributed by atoms with E-state index in [1.54, 1.807) is 6.20 Å².